The van der Waals surface area contributed by atoms with E-state index in [9.17, 15) is 5.11 Å². The molecule has 1 rings (SSSR count). The van der Waals surface area contributed by atoms with Crippen LogP contribution in [-0.2, 0) is 0 Å². The van der Waals surface area contributed by atoms with Crippen LogP contribution in [0.4, 0.5) is 0 Å². The van der Waals surface area contributed by atoms with Crippen molar-refractivity contribution in [3.8, 4) is 0 Å². The number of rotatable bonds is 1. The first-order valence-corrected chi connectivity index (χ1v) is 4.83. The van der Waals surface area contributed by atoms with Crippen LogP contribution < -0.4 is 0 Å². The summed E-state index contributed by atoms with van der Waals surface area (Å²) in [6.45, 7) is 1.74. The highest BCUT2D eigenvalue weighted by Gasteiger charge is 2.05. The molecule has 0 fully saturated rings. The standard InChI is InChI=1S/C8H8Br2O/c1-5(11)7-4-6(9)2-3-8(7)10/h2-5,11H,1H3. The number of aliphatic hydroxyl groups excluding tert-OH is 1. The average molecular weight is 280 g/mol. The SMILES string of the molecule is CC(O)c1cc(Br)ccc1Br. The Kier molecular flexibility index (Phi) is 3.10. The Morgan fingerprint density at radius 1 is 1.36 bits per heavy atom. The van der Waals surface area contributed by atoms with Crippen LogP contribution in [0.2, 0.25) is 0 Å². The van der Waals surface area contributed by atoms with E-state index in [1.807, 2.05) is 18.2 Å². The van der Waals surface area contributed by atoms with Crippen LogP contribution in [0.3, 0.4) is 0 Å². The topological polar surface area (TPSA) is 20.2 Å². The number of hydrogen-bond acceptors (Lipinski definition) is 1. The van der Waals surface area contributed by atoms with Crippen molar-refractivity contribution >= 4 is 31.9 Å². The smallest absolute Gasteiger partial charge is 0.0773 e. The maximum Gasteiger partial charge on any atom is 0.0773 e. The predicted octanol–water partition coefficient (Wildman–Crippen LogP) is 3.26. The highest BCUT2D eigenvalue weighted by molar-refractivity contribution is 9.11. The molecule has 1 N–H and O–H groups in total. The summed E-state index contributed by atoms with van der Waals surface area (Å²) >= 11 is 6.68. The van der Waals surface area contributed by atoms with Gasteiger partial charge in [-0.3, -0.25) is 0 Å². The first kappa shape index (κ1) is 9.23. The molecule has 0 radical (unpaired) electrons. The molecule has 1 nitrogen and oxygen atoms in total. The zero-order chi connectivity index (χ0) is 8.43. The zero-order valence-electron chi connectivity index (χ0n) is 6.01. The fourth-order valence-electron chi connectivity index (χ4n) is 0.835. The van der Waals surface area contributed by atoms with E-state index in [0.29, 0.717) is 0 Å². The maximum absolute atomic E-state index is 9.28. The summed E-state index contributed by atoms with van der Waals surface area (Å²) in [5.41, 5.74) is 0.902. The normalized spacial score (nSPS) is 13.1. The summed E-state index contributed by atoms with van der Waals surface area (Å²) in [6.07, 6.45) is -0.429. The summed E-state index contributed by atoms with van der Waals surface area (Å²) in [6, 6.07) is 5.73. The number of hydrogen-bond donors (Lipinski definition) is 1. The van der Waals surface area contributed by atoms with Gasteiger partial charge < -0.3 is 5.11 Å². The lowest BCUT2D eigenvalue weighted by atomic mass is 10.1. The summed E-state index contributed by atoms with van der Waals surface area (Å²) in [5, 5.41) is 9.28. The highest BCUT2D eigenvalue weighted by atomic mass is 79.9. The molecular weight excluding hydrogens is 272 g/mol. The van der Waals surface area contributed by atoms with Crippen LogP contribution in [0.5, 0.6) is 0 Å². The van der Waals surface area contributed by atoms with Gasteiger partial charge in [0.2, 0.25) is 0 Å². The molecular formula is C8H8Br2O. The van der Waals surface area contributed by atoms with E-state index < -0.39 is 6.10 Å². The Balaban J connectivity index is 3.13. The highest BCUT2D eigenvalue weighted by Crippen LogP contribution is 2.26. The Bertz CT molecular complexity index is 258. The second-order valence-corrected chi connectivity index (χ2v) is 4.11. The fraction of sp³-hybridized carbons (Fsp3) is 0.250. The molecule has 0 aliphatic heterocycles. The first-order chi connectivity index (χ1) is 5.11. The molecule has 0 heterocycles. The Hall–Kier alpha value is 0.140. The van der Waals surface area contributed by atoms with Crippen LogP contribution >= 0.6 is 31.9 Å². The van der Waals surface area contributed by atoms with Gasteiger partial charge in [0, 0.05) is 8.95 Å². The van der Waals surface area contributed by atoms with Crippen molar-refractivity contribution < 1.29 is 5.11 Å². The second kappa shape index (κ2) is 3.70. The van der Waals surface area contributed by atoms with Gasteiger partial charge in [0.05, 0.1) is 6.10 Å². The molecule has 1 unspecified atom stereocenters. The van der Waals surface area contributed by atoms with E-state index in [2.05, 4.69) is 31.9 Å². The van der Waals surface area contributed by atoms with E-state index in [1.165, 1.54) is 0 Å². The van der Waals surface area contributed by atoms with Gasteiger partial charge in [-0.05, 0) is 30.7 Å². The summed E-state index contributed by atoms with van der Waals surface area (Å²) < 4.78 is 1.92. The van der Waals surface area contributed by atoms with Gasteiger partial charge in [-0.1, -0.05) is 31.9 Å². The van der Waals surface area contributed by atoms with Crippen molar-refractivity contribution in [2.45, 2.75) is 13.0 Å². The van der Waals surface area contributed by atoms with Gasteiger partial charge in [0.15, 0.2) is 0 Å². The van der Waals surface area contributed by atoms with Gasteiger partial charge in [-0.25, -0.2) is 0 Å². The number of halogens is 2. The Labute approximate surface area is 82.7 Å². The minimum Gasteiger partial charge on any atom is -0.389 e. The van der Waals surface area contributed by atoms with E-state index in [4.69, 9.17) is 0 Å². The van der Waals surface area contributed by atoms with E-state index in [1.54, 1.807) is 6.92 Å². The van der Waals surface area contributed by atoms with Crippen molar-refractivity contribution in [3.63, 3.8) is 0 Å². The molecule has 0 saturated heterocycles. The molecule has 0 spiro atoms. The van der Waals surface area contributed by atoms with Crippen LogP contribution in [0, 0.1) is 0 Å². The summed E-state index contributed by atoms with van der Waals surface area (Å²) in [4.78, 5) is 0. The molecule has 0 amide bonds. The van der Waals surface area contributed by atoms with E-state index >= 15 is 0 Å². The lowest BCUT2D eigenvalue weighted by Crippen LogP contribution is -1.91. The molecule has 0 aromatic heterocycles. The third kappa shape index (κ3) is 2.29. The molecule has 0 saturated carbocycles. The van der Waals surface area contributed by atoms with E-state index in [0.717, 1.165) is 14.5 Å². The minimum atomic E-state index is -0.429. The van der Waals surface area contributed by atoms with E-state index in [-0.39, 0.29) is 0 Å². The lowest BCUT2D eigenvalue weighted by molar-refractivity contribution is 0.198. The molecule has 1 atom stereocenters. The van der Waals surface area contributed by atoms with Gasteiger partial charge in [0.25, 0.3) is 0 Å². The predicted molar refractivity (Wildman–Crippen MR) is 52.5 cm³/mol. The maximum atomic E-state index is 9.28. The van der Waals surface area contributed by atoms with Crippen LogP contribution in [0.25, 0.3) is 0 Å². The van der Waals surface area contributed by atoms with Crippen LogP contribution in [0.15, 0.2) is 27.1 Å². The van der Waals surface area contributed by atoms with Crippen molar-refractivity contribution in [1.29, 1.82) is 0 Å². The summed E-state index contributed by atoms with van der Waals surface area (Å²) in [7, 11) is 0. The van der Waals surface area contributed by atoms with Crippen molar-refractivity contribution in [3.05, 3.63) is 32.7 Å². The quantitative estimate of drug-likeness (QED) is 0.837. The molecule has 60 valence electrons. The third-order valence-electron chi connectivity index (χ3n) is 1.41. The molecule has 3 heteroatoms. The Morgan fingerprint density at radius 3 is 2.45 bits per heavy atom. The van der Waals surface area contributed by atoms with Gasteiger partial charge in [0.1, 0.15) is 0 Å². The largest absolute Gasteiger partial charge is 0.389 e. The molecule has 0 bridgehead atoms. The zero-order valence-corrected chi connectivity index (χ0v) is 9.18. The molecule has 1 aromatic rings. The van der Waals surface area contributed by atoms with Gasteiger partial charge in [-0.2, -0.15) is 0 Å². The average Bonchev–Trinajstić information content (AvgIpc) is 1.94. The molecule has 0 aliphatic rings. The van der Waals surface area contributed by atoms with Crippen LogP contribution in [0.1, 0.15) is 18.6 Å². The van der Waals surface area contributed by atoms with Crippen molar-refractivity contribution in [1.82, 2.24) is 0 Å². The van der Waals surface area contributed by atoms with Gasteiger partial charge in [-0.15, -0.1) is 0 Å². The number of aliphatic hydroxyl groups is 1. The second-order valence-electron chi connectivity index (χ2n) is 2.34. The third-order valence-corrected chi connectivity index (χ3v) is 2.62. The summed E-state index contributed by atoms with van der Waals surface area (Å²) in [5.74, 6) is 0. The minimum absolute atomic E-state index is 0.429. The number of benzene rings is 1. The Morgan fingerprint density at radius 2 is 2.00 bits per heavy atom. The molecule has 1 aromatic carbocycles. The first-order valence-electron chi connectivity index (χ1n) is 3.24. The fourth-order valence-corrected chi connectivity index (χ4v) is 1.79. The molecule has 0 aliphatic carbocycles. The van der Waals surface area contributed by atoms with Crippen molar-refractivity contribution in [2.24, 2.45) is 0 Å². The van der Waals surface area contributed by atoms with Crippen LogP contribution in [-0.4, -0.2) is 5.11 Å². The van der Waals surface area contributed by atoms with Gasteiger partial charge >= 0.3 is 0 Å². The molecule has 11 heavy (non-hydrogen) atoms. The lowest BCUT2D eigenvalue weighted by Gasteiger charge is -2.06. The monoisotopic (exact) mass is 278 g/mol. The van der Waals surface area contributed by atoms with Crippen molar-refractivity contribution in [2.75, 3.05) is 0 Å².